The number of aliphatic hydroxyl groups is 1. The van der Waals surface area contributed by atoms with E-state index in [1.807, 2.05) is 11.8 Å². The van der Waals surface area contributed by atoms with E-state index in [1.54, 1.807) is 7.11 Å². The summed E-state index contributed by atoms with van der Waals surface area (Å²) >= 11 is 1.82. The number of nitrogens with zero attached hydrogens (tertiary/aromatic N) is 4. The van der Waals surface area contributed by atoms with Crippen LogP contribution in [0, 0.1) is 0 Å². The quantitative estimate of drug-likeness (QED) is 0.155. The Labute approximate surface area is 255 Å². The van der Waals surface area contributed by atoms with Crippen LogP contribution in [0.5, 0.6) is 5.75 Å². The number of thioether (sulfide) groups is 1. The number of fused-ring (bicyclic) bond motifs is 2. The number of hydrogen-bond acceptors (Lipinski definition) is 5. The van der Waals surface area contributed by atoms with Crippen molar-refractivity contribution in [1.29, 1.82) is 0 Å². The molecule has 5 rings (SSSR count). The molecule has 1 aliphatic rings. The fourth-order valence-electron chi connectivity index (χ4n) is 5.74. The second-order valence-electron chi connectivity index (χ2n) is 11.6. The highest BCUT2D eigenvalue weighted by Crippen LogP contribution is 2.46. The molecule has 1 aliphatic heterocycles. The van der Waals surface area contributed by atoms with Gasteiger partial charge >= 0.3 is 0 Å². The van der Waals surface area contributed by atoms with Crippen LogP contribution in [0.3, 0.4) is 0 Å². The molecule has 0 radical (unpaired) electrons. The first-order valence-corrected chi connectivity index (χ1v) is 15.7. The van der Waals surface area contributed by atoms with E-state index in [4.69, 9.17) is 4.74 Å². The third-order valence-electron chi connectivity index (χ3n) is 8.05. The van der Waals surface area contributed by atoms with Gasteiger partial charge in [0.2, 0.25) is 0 Å². The summed E-state index contributed by atoms with van der Waals surface area (Å²) in [7, 11) is 8.29. The number of aliphatic hydroxyl groups excluding tert-OH is 1. The Balaban J connectivity index is 1.68. The molecule has 0 aliphatic carbocycles. The Morgan fingerprint density at radius 2 is 1.74 bits per heavy atom. The van der Waals surface area contributed by atoms with E-state index in [9.17, 15) is 5.11 Å². The van der Waals surface area contributed by atoms with Crippen molar-refractivity contribution in [2.24, 2.45) is 0 Å². The predicted molar refractivity (Wildman–Crippen MR) is 177 cm³/mol. The molecule has 0 saturated heterocycles. The SMILES string of the molecule is CCCN(CCC[N+](C)(C)CCO)c1cc(/C=C2\Sc3ccccc3N2C)c2ccc(OC)cc2[n+]1-c1ccccc1. The maximum atomic E-state index is 9.55. The standard InChI is InChI=1S/C35H44N4O2S/c1-6-19-37(20-12-21-39(3,4)22-23-40)34-24-27(25-35-36(2)31-15-10-11-16-33(31)42-35)30-18-17-29(41-5)26-32(30)38(34)28-13-8-7-9-14-28/h7-11,13-18,24-26,40H,6,12,19-23H2,1-5H3/q+2. The van der Waals surface area contributed by atoms with Crippen LogP contribution < -0.4 is 19.1 Å². The van der Waals surface area contributed by atoms with Gasteiger partial charge in [-0.05, 0) is 54.5 Å². The number of anilines is 2. The molecule has 220 valence electrons. The first-order chi connectivity index (χ1) is 20.3. The summed E-state index contributed by atoms with van der Waals surface area (Å²) in [5.74, 6) is 2.01. The van der Waals surface area contributed by atoms with Crippen molar-refractivity contribution < 1.29 is 18.9 Å². The molecule has 0 saturated carbocycles. The number of likely N-dealkylation sites (N-methyl/N-ethyl adjacent to an activating group) is 1. The summed E-state index contributed by atoms with van der Waals surface area (Å²) in [5, 5.41) is 11.9. The topological polar surface area (TPSA) is 39.8 Å². The van der Waals surface area contributed by atoms with Crippen LogP contribution in [0.15, 0.2) is 88.8 Å². The van der Waals surface area contributed by atoms with Crippen LogP contribution in [-0.2, 0) is 0 Å². The van der Waals surface area contributed by atoms with Crippen molar-refractivity contribution in [3.8, 4) is 11.4 Å². The van der Waals surface area contributed by atoms with Crippen LogP contribution in [0.2, 0.25) is 0 Å². The minimum Gasteiger partial charge on any atom is -0.497 e. The lowest BCUT2D eigenvalue weighted by Gasteiger charge is -2.29. The van der Waals surface area contributed by atoms with Crippen molar-refractivity contribution in [3.63, 3.8) is 0 Å². The van der Waals surface area contributed by atoms with E-state index in [0.29, 0.717) is 0 Å². The number of para-hydroxylation sites is 2. The molecule has 4 aromatic rings. The predicted octanol–water partition coefficient (Wildman–Crippen LogP) is 6.34. The molecule has 0 bridgehead atoms. The Morgan fingerprint density at radius 3 is 2.45 bits per heavy atom. The first-order valence-electron chi connectivity index (χ1n) is 14.9. The van der Waals surface area contributed by atoms with Gasteiger partial charge in [0.05, 0.1) is 58.2 Å². The van der Waals surface area contributed by atoms with Gasteiger partial charge in [-0.15, -0.1) is 0 Å². The largest absolute Gasteiger partial charge is 0.497 e. The number of rotatable bonds is 12. The Morgan fingerprint density at radius 1 is 0.976 bits per heavy atom. The van der Waals surface area contributed by atoms with Gasteiger partial charge in [0.25, 0.3) is 5.82 Å². The minimum atomic E-state index is 0.209. The Bertz CT molecular complexity index is 1550. The van der Waals surface area contributed by atoms with Crippen LogP contribution in [0.25, 0.3) is 22.7 Å². The molecule has 1 N–H and O–H groups in total. The van der Waals surface area contributed by atoms with Gasteiger partial charge in [-0.3, -0.25) is 4.90 Å². The summed E-state index contributed by atoms with van der Waals surface area (Å²) < 4.78 is 8.95. The van der Waals surface area contributed by atoms with E-state index >= 15 is 0 Å². The van der Waals surface area contributed by atoms with Crippen LogP contribution >= 0.6 is 11.8 Å². The second-order valence-corrected chi connectivity index (χ2v) is 12.6. The average Bonchev–Trinajstić information content (AvgIpc) is 3.31. The Hall–Kier alpha value is -3.52. The molecular weight excluding hydrogens is 540 g/mol. The number of ether oxygens (including phenoxy) is 1. The molecule has 0 unspecified atom stereocenters. The lowest BCUT2D eigenvalue weighted by Crippen LogP contribution is -2.45. The second kappa shape index (κ2) is 13.2. The van der Waals surface area contributed by atoms with Crippen molar-refractivity contribution in [2.75, 3.05) is 70.8 Å². The summed E-state index contributed by atoms with van der Waals surface area (Å²) in [5.41, 5.74) is 4.67. The van der Waals surface area contributed by atoms with Crippen molar-refractivity contribution in [1.82, 2.24) is 0 Å². The maximum absolute atomic E-state index is 9.55. The number of quaternary nitrogens is 1. The maximum Gasteiger partial charge on any atom is 0.282 e. The molecule has 42 heavy (non-hydrogen) atoms. The molecular formula is C35H44N4O2S+2. The molecule has 0 amide bonds. The monoisotopic (exact) mass is 584 g/mol. The number of benzene rings is 3. The number of pyridine rings is 1. The number of aromatic nitrogens is 1. The van der Waals surface area contributed by atoms with Crippen LogP contribution in [0.1, 0.15) is 25.3 Å². The molecule has 6 nitrogen and oxygen atoms in total. The highest BCUT2D eigenvalue weighted by atomic mass is 32.2. The third-order valence-corrected chi connectivity index (χ3v) is 9.22. The molecule has 0 fully saturated rings. The van der Waals surface area contributed by atoms with Gasteiger partial charge < -0.3 is 19.2 Å². The number of methoxy groups -OCH3 is 1. The summed E-state index contributed by atoms with van der Waals surface area (Å²) in [6, 6.07) is 28.0. The van der Waals surface area contributed by atoms with Gasteiger partial charge in [-0.2, -0.15) is 4.57 Å². The molecule has 0 atom stereocenters. The highest BCUT2D eigenvalue weighted by Gasteiger charge is 2.27. The van der Waals surface area contributed by atoms with Crippen molar-refractivity contribution in [3.05, 3.63) is 89.5 Å². The lowest BCUT2D eigenvalue weighted by molar-refractivity contribution is -0.890. The zero-order valence-electron chi connectivity index (χ0n) is 25.6. The average molecular weight is 585 g/mol. The van der Waals surface area contributed by atoms with Crippen LogP contribution in [-0.4, -0.2) is 70.6 Å². The summed E-state index contributed by atoms with van der Waals surface area (Å²) in [4.78, 5) is 6.11. The fourth-order valence-corrected chi connectivity index (χ4v) is 6.84. The normalized spacial score (nSPS) is 14.0. The van der Waals surface area contributed by atoms with Gasteiger partial charge in [-0.25, -0.2) is 0 Å². The first kappa shape index (κ1) is 30.0. The molecule has 1 aromatic heterocycles. The number of hydrogen-bond donors (Lipinski definition) is 1. The van der Waals surface area contributed by atoms with E-state index in [0.717, 1.165) is 60.5 Å². The smallest absolute Gasteiger partial charge is 0.282 e. The van der Waals surface area contributed by atoms with E-state index < -0.39 is 0 Å². The summed E-state index contributed by atoms with van der Waals surface area (Å²) in [6.07, 6.45) is 4.41. The van der Waals surface area contributed by atoms with E-state index in [2.05, 4.69) is 127 Å². The van der Waals surface area contributed by atoms with Crippen LogP contribution in [0.4, 0.5) is 11.5 Å². The van der Waals surface area contributed by atoms with E-state index in [-0.39, 0.29) is 6.61 Å². The van der Waals surface area contributed by atoms with Gasteiger partial charge in [0.1, 0.15) is 23.5 Å². The van der Waals surface area contributed by atoms with Gasteiger partial charge in [0.15, 0.2) is 0 Å². The van der Waals surface area contributed by atoms with Gasteiger partial charge in [-0.1, -0.05) is 49.0 Å². The van der Waals surface area contributed by atoms with Crippen molar-refractivity contribution >= 4 is 40.2 Å². The summed E-state index contributed by atoms with van der Waals surface area (Å²) in [6.45, 7) is 6.11. The molecule has 7 heteroatoms. The van der Waals surface area contributed by atoms with E-state index in [1.165, 1.54) is 32.4 Å². The minimum absolute atomic E-state index is 0.209. The highest BCUT2D eigenvalue weighted by molar-refractivity contribution is 8.03. The lowest BCUT2D eigenvalue weighted by atomic mass is 10.1. The Kier molecular flexibility index (Phi) is 9.41. The third kappa shape index (κ3) is 6.43. The zero-order valence-corrected chi connectivity index (χ0v) is 26.4. The molecule has 0 spiro atoms. The van der Waals surface area contributed by atoms with Crippen molar-refractivity contribution in [2.45, 2.75) is 24.7 Å². The fraction of sp³-hybridized carbons (Fsp3) is 0.343. The molecule has 3 aromatic carbocycles. The molecule has 2 heterocycles. The van der Waals surface area contributed by atoms with Gasteiger partial charge in [0, 0.05) is 35.9 Å². The zero-order chi connectivity index (χ0) is 29.7.